The van der Waals surface area contributed by atoms with E-state index >= 15 is 0 Å². The molecule has 3 rings (SSSR count). The van der Waals surface area contributed by atoms with E-state index in [2.05, 4.69) is 22.4 Å². The third-order valence-corrected chi connectivity index (χ3v) is 4.97. The SMILES string of the molecule is COC1(c2noc(C3CCCNC3)n2)CCC(C)CC1. The van der Waals surface area contributed by atoms with E-state index in [0.29, 0.717) is 5.92 Å². The molecule has 1 N–H and O–H groups in total. The molecule has 20 heavy (non-hydrogen) atoms. The first-order valence-electron chi connectivity index (χ1n) is 7.83. The summed E-state index contributed by atoms with van der Waals surface area (Å²) in [5.74, 6) is 2.67. The maximum atomic E-state index is 5.81. The van der Waals surface area contributed by atoms with Gasteiger partial charge in [-0.2, -0.15) is 4.98 Å². The molecule has 2 heterocycles. The summed E-state index contributed by atoms with van der Waals surface area (Å²) in [7, 11) is 1.77. The van der Waals surface area contributed by atoms with Gasteiger partial charge in [-0.05, 0) is 51.0 Å². The number of nitrogens with zero attached hydrogens (tertiary/aromatic N) is 2. The van der Waals surface area contributed by atoms with Crippen LogP contribution in [0.15, 0.2) is 4.52 Å². The molecule has 0 amide bonds. The predicted octanol–water partition coefficient (Wildman–Crippen LogP) is 2.59. The highest BCUT2D eigenvalue weighted by Crippen LogP contribution is 2.41. The molecule has 0 aromatic carbocycles. The summed E-state index contributed by atoms with van der Waals surface area (Å²) in [4.78, 5) is 4.68. The van der Waals surface area contributed by atoms with E-state index in [1.54, 1.807) is 7.11 Å². The molecule has 2 aliphatic rings. The zero-order valence-corrected chi connectivity index (χ0v) is 12.5. The van der Waals surface area contributed by atoms with Crippen molar-refractivity contribution in [1.29, 1.82) is 0 Å². The quantitative estimate of drug-likeness (QED) is 0.921. The third kappa shape index (κ3) is 2.61. The van der Waals surface area contributed by atoms with E-state index in [-0.39, 0.29) is 5.60 Å². The van der Waals surface area contributed by atoms with Crippen molar-refractivity contribution in [3.05, 3.63) is 11.7 Å². The maximum absolute atomic E-state index is 5.81. The molecule has 0 bridgehead atoms. The molecular weight excluding hydrogens is 254 g/mol. The van der Waals surface area contributed by atoms with Gasteiger partial charge >= 0.3 is 0 Å². The smallest absolute Gasteiger partial charge is 0.231 e. The summed E-state index contributed by atoms with van der Waals surface area (Å²) in [5.41, 5.74) is -0.323. The van der Waals surface area contributed by atoms with Crippen LogP contribution in [0.4, 0.5) is 0 Å². The van der Waals surface area contributed by atoms with Crippen molar-refractivity contribution < 1.29 is 9.26 Å². The van der Waals surface area contributed by atoms with Crippen molar-refractivity contribution in [2.45, 2.75) is 57.0 Å². The van der Waals surface area contributed by atoms with Crippen LogP contribution in [0.25, 0.3) is 0 Å². The van der Waals surface area contributed by atoms with Crippen molar-refractivity contribution in [3.63, 3.8) is 0 Å². The first kappa shape index (κ1) is 14.0. The first-order valence-corrected chi connectivity index (χ1v) is 7.83. The molecule has 1 saturated heterocycles. The Balaban J connectivity index is 1.77. The van der Waals surface area contributed by atoms with E-state index in [4.69, 9.17) is 9.26 Å². The topological polar surface area (TPSA) is 60.2 Å². The molecule has 5 nitrogen and oxygen atoms in total. The minimum absolute atomic E-state index is 0.323. The minimum Gasteiger partial charge on any atom is -0.370 e. The lowest BCUT2D eigenvalue weighted by atomic mass is 9.79. The van der Waals surface area contributed by atoms with Crippen LogP contribution < -0.4 is 5.32 Å². The molecule has 0 spiro atoms. The van der Waals surface area contributed by atoms with Crippen molar-refractivity contribution in [3.8, 4) is 0 Å². The van der Waals surface area contributed by atoms with Crippen molar-refractivity contribution >= 4 is 0 Å². The zero-order valence-electron chi connectivity index (χ0n) is 12.5. The third-order valence-electron chi connectivity index (χ3n) is 4.97. The molecule has 0 radical (unpaired) electrons. The Morgan fingerprint density at radius 3 is 2.75 bits per heavy atom. The summed E-state index contributed by atoms with van der Waals surface area (Å²) >= 11 is 0. The fraction of sp³-hybridized carbons (Fsp3) is 0.867. The van der Waals surface area contributed by atoms with Crippen molar-refractivity contribution in [2.24, 2.45) is 5.92 Å². The highest BCUT2D eigenvalue weighted by molar-refractivity contribution is 5.06. The second-order valence-electron chi connectivity index (χ2n) is 6.38. The van der Waals surface area contributed by atoms with Crippen LogP contribution in [0.1, 0.15) is 63.1 Å². The Morgan fingerprint density at radius 2 is 2.10 bits per heavy atom. The van der Waals surface area contributed by atoms with Crippen molar-refractivity contribution in [1.82, 2.24) is 15.5 Å². The first-order chi connectivity index (χ1) is 9.73. The van der Waals surface area contributed by atoms with Gasteiger partial charge in [0.25, 0.3) is 0 Å². The molecule has 1 aliphatic heterocycles. The number of nitrogens with one attached hydrogen (secondary N) is 1. The van der Waals surface area contributed by atoms with Crippen LogP contribution in [0.5, 0.6) is 0 Å². The summed E-state index contributed by atoms with van der Waals surface area (Å²) < 4.78 is 11.3. The lowest BCUT2D eigenvalue weighted by Gasteiger charge is -2.35. The average molecular weight is 279 g/mol. The fourth-order valence-corrected chi connectivity index (χ4v) is 3.40. The molecule has 1 saturated carbocycles. The summed E-state index contributed by atoms with van der Waals surface area (Å²) in [6.45, 7) is 4.34. The summed E-state index contributed by atoms with van der Waals surface area (Å²) in [6, 6.07) is 0. The fourth-order valence-electron chi connectivity index (χ4n) is 3.40. The second kappa shape index (κ2) is 5.82. The van der Waals surface area contributed by atoms with Gasteiger partial charge in [-0.25, -0.2) is 0 Å². The number of aromatic nitrogens is 2. The van der Waals surface area contributed by atoms with Crippen LogP contribution in [-0.2, 0) is 10.3 Å². The number of rotatable bonds is 3. The number of piperidine rings is 1. The average Bonchev–Trinajstić information content (AvgIpc) is 3.00. The predicted molar refractivity (Wildman–Crippen MR) is 75.5 cm³/mol. The van der Waals surface area contributed by atoms with Gasteiger partial charge in [0.15, 0.2) is 0 Å². The Hall–Kier alpha value is -0.940. The van der Waals surface area contributed by atoms with Gasteiger partial charge in [-0.1, -0.05) is 12.1 Å². The van der Waals surface area contributed by atoms with Crippen LogP contribution in [0, 0.1) is 5.92 Å². The van der Waals surface area contributed by atoms with Gasteiger partial charge in [0.1, 0.15) is 5.60 Å². The standard InChI is InChI=1S/C15H25N3O2/c1-11-5-7-15(19-2,8-6-11)14-17-13(20-18-14)12-4-3-9-16-10-12/h11-12,16H,3-10H2,1-2H3. The lowest BCUT2D eigenvalue weighted by Crippen LogP contribution is -2.34. The molecular formula is C15H25N3O2. The molecule has 2 fully saturated rings. The normalized spacial score (nSPS) is 35.1. The molecule has 112 valence electrons. The van der Waals surface area contributed by atoms with E-state index < -0.39 is 0 Å². The molecule has 1 atom stereocenters. The molecule has 5 heteroatoms. The Morgan fingerprint density at radius 1 is 1.30 bits per heavy atom. The van der Waals surface area contributed by atoms with Gasteiger partial charge in [0, 0.05) is 13.7 Å². The number of hydrogen-bond acceptors (Lipinski definition) is 5. The van der Waals surface area contributed by atoms with Crippen LogP contribution in [0.2, 0.25) is 0 Å². The Kier molecular flexibility index (Phi) is 4.08. The second-order valence-corrected chi connectivity index (χ2v) is 6.38. The van der Waals surface area contributed by atoms with Gasteiger partial charge in [0.2, 0.25) is 11.7 Å². The molecule has 1 unspecified atom stereocenters. The number of methoxy groups -OCH3 is 1. The van der Waals surface area contributed by atoms with E-state index in [0.717, 1.165) is 50.0 Å². The number of ether oxygens (including phenoxy) is 1. The highest BCUT2D eigenvalue weighted by atomic mass is 16.5. The van der Waals surface area contributed by atoms with Crippen LogP contribution in [0.3, 0.4) is 0 Å². The minimum atomic E-state index is -0.323. The Labute approximate surface area is 120 Å². The monoisotopic (exact) mass is 279 g/mol. The molecule has 1 aliphatic carbocycles. The zero-order chi connectivity index (χ0) is 14.0. The van der Waals surface area contributed by atoms with Crippen LogP contribution >= 0.6 is 0 Å². The van der Waals surface area contributed by atoms with Gasteiger partial charge in [0.05, 0.1) is 5.92 Å². The number of hydrogen-bond donors (Lipinski definition) is 1. The van der Waals surface area contributed by atoms with E-state index in [1.807, 2.05) is 0 Å². The maximum Gasteiger partial charge on any atom is 0.231 e. The molecule has 1 aromatic heterocycles. The summed E-state index contributed by atoms with van der Waals surface area (Å²) in [6.07, 6.45) is 6.63. The largest absolute Gasteiger partial charge is 0.370 e. The van der Waals surface area contributed by atoms with Crippen LogP contribution in [-0.4, -0.2) is 30.3 Å². The highest BCUT2D eigenvalue weighted by Gasteiger charge is 2.40. The lowest BCUT2D eigenvalue weighted by molar-refractivity contribution is -0.0609. The Bertz CT molecular complexity index is 432. The van der Waals surface area contributed by atoms with E-state index in [1.165, 1.54) is 19.3 Å². The van der Waals surface area contributed by atoms with Gasteiger partial charge in [-0.15, -0.1) is 0 Å². The molecule has 1 aromatic rings. The van der Waals surface area contributed by atoms with E-state index in [9.17, 15) is 0 Å². The van der Waals surface area contributed by atoms with Crippen molar-refractivity contribution in [2.75, 3.05) is 20.2 Å². The summed E-state index contributed by atoms with van der Waals surface area (Å²) in [5, 5.41) is 7.64. The van der Waals surface area contributed by atoms with Gasteiger partial charge in [-0.3, -0.25) is 0 Å². The van der Waals surface area contributed by atoms with Gasteiger partial charge < -0.3 is 14.6 Å².